The molecule has 0 aliphatic carbocycles. The molecular formula is C20H26F6N2O8S. The Morgan fingerprint density at radius 2 is 1.68 bits per heavy atom. The lowest BCUT2D eigenvalue weighted by Crippen LogP contribution is -2.66. The highest BCUT2D eigenvalue weighted by Crippen LogP contribution is 2.35. The molecule has 1 unspecified atom stereocenters. The Kier molecular flexibility index (Phi) is 11.6. The number of pyridine rings is 1. The molecule has 2 N–H and O–H groups in total. The monoisotopic (exact) mass is 568 g/mol. The fourth-order valence-corrected chi connectivity index (χ4v) is 4.06. The summed E-state index contributed by atoms with van der Waals surface area (Å²) in [5.74, 6) is -4.42. The summed E-state index contributed by atoms with van der Waals surface area (Å²) < 4.78 is 98.6. The lowest BCUT2D eigenvalue weighted by atomic mass is 9.85. The predicted octanol–water partition coefficient (Wildman–Crippen LogP) is 2.40. The van der Waals surface area contributed by atoms with Crippen molar-refractivity contribution >= 4 is 21.8 Å². The Hall–Kier alpha value is -2.66. The van der Waals surface area contributed by atoms with E-state index in [2.05, 4.69) is 9.88 Å². The maximum Gasteiger partial charge on any atom is 0.490 e. The summed E-state index contributed by atoms with van der Waals surface area (Å²) in [5, 5.41) is 14.2. The minimum Gasteiger partial charge on any atom is -0.475 e. The van der Waals surface area contributed by atoms with Crippen molar-refractivity contribution in [3.8, 4) is 5.88 Å². The van der Waals surface area contributed by atoms with Crippen LogP contribution < -0.4 is 4.74 Å². The highest BCUT2D eigenvalue weighted by atomic mass is 32.2. The smallest absolute Gasteiger partial charge is 0.475 e. The summed E-state index contributed by atoms with van der Waals surface area (Å²) in [6, 6.07) is 5.65. The van der Waals surface area contributed by atoms with Crippen LogP contribution in [0.15, 0.2) is 24.4 Å². The number of rotatable bonds is 6. The normalized spacial score (nSPS) is 19.4. The van der Waals surface area contributed by atoms with Crippen molar-refractivity contribution in [1.82, 2.24) is 9.88 Å². The van der Waals surface area contributed by atoms with Crippen molar-refractivity contribution in [2.75, 3.05) is 37.7 Å². The Bertz CT molecular complexity index is 959. The van der Waals surface area contributed by atoms with Gasteiger partial charge in [0.05, 0.1) is 18.0 Å². The van der Waals surface area contributed by atoms with E-state index in [-0.39, 0.29) is 23.2 Å². The van der Waals surface area contributed by atoms with Crippen molar-refractivity contribution < 1.29 is 64.0 Å². The maximum absolute atomic E-state index is 11.6. The Morgan fingerprint density at radius 1 is 1.14 bits per heavy atom. The molecule has 212 valence electrons. The molecule has 2 fully saturated rings. The van der Waals surface area contributed by atoms with Crippen LogP contribution in [0.4, 0.5) is 26.3 Å². The maximum atomic E-state index is 11.6. The standard InChI is InChI=1S/C16H24N2O4S.2C2HF3O2/c1-2-23(19,20)10-8-18-12-16(13-18)11-14(6-9-21-16)22-15-5-3-4-7-17-15;2*3-2(4,5)1(6)7/h3-5,7,14H,2,6,8-13H2,1H3;2*(H,6,7). The Balaban J connectivity index is 0.000000404. The Morgan fingerprint density at radius 3 is 2.11 bits per heavy atom. The van der Waals surface area contributed by atoms with Crippen LogP contribution in [0.5, 0.6) is 5.88 Å². The molecule has 1 aromatic rings. The molecule has 37 heavy (non-hydrogen) atoms. The summed E-state index contributed by atoms with van der Waals surface area (Å²) in [6.07, 6.45) is -6.63. The summed E-state index contributed by atoms with van der Waals surface area (Å²) in [5.41, 5.74) is -0.173. The second-order valence-corrected chi connectivity index (χ2v) is 10.5. The van der Waals surface area contributed by atoms with Crippen LogP contribution >= 0.6 is 0 Å². The quantitative estimate of drug-likeness (QED) is 0.491. The molecule has 2 aliphatic heterocycles. The van der Waals surface area contributed by atoms with E-state index in [4.69, 9.17) is 29.3 Å². The van der Waals surface area contributed by atoms with Gasteiger partial charge in [-0.1, -0.05) is 13.0 Å². The molecule has 1 aromatic heterocycles. The first kappa shape index (κ1) is 32.4. The van der Waals surface area contributed by atoms with E-state index in [1.807, 2.05) is 18.2 Å². The number of carboxylic acids is 2. The summed E-state index contributed by atoms with van der Waals surface area (Å²) >= 11 is 0. The van der Waals surface area contributed by atoms with Crippen molar-refractivity contribution in [3.63, 3.8) is 0 Å². The number of hydrogen-bond donors (Lipinski definition) is 2. The molecule has 0 amide bonds. The first-order chi connectivity index (χ1) is 16.9. The average Bonchev–Trinajstić information content (AvgIpc) is 2.77. The van der Waals surface area contributed by atoms with Gasteiger partial charge in [0, 0.05) is 50.5 Å². The largest absolute Gasteiger partial charge is 0.490 e. The molecule has 0 bridgehead atoms. The van der Waals surface area contributed by atoms with Gasteiger partial charge in [0.25, 0.3) is 0 Å². The van der Waals surface area contributed by atoms with Crippen molar-refractivity contribution in [2.24, 2.45) is 0 Å². The molecule has 0 radical (unpaired) electrons. The van der Waals surface area contributed by atoms with Gasteiger partial charge in [0.1, 0.15) is 6.10 Å². The molecule has 0 aromatic carbocycles. The van der Waals surface area contributed by atoms with Crippen molar-refractivity contribution in [3.05, 3.63) is 24.4 Å². The van der Waals surface area contributed by atoms with E-state index in [9.17, 15) is 34.8 Å². The second-order valence-electron chi connectivity index (χ2n) is 7.98. The lowest BCUT2D eigenvalue weighted by Gasteiger charge is -2.53. The third kappa shape index (κ3) is 12.0. The van der Waals surface area contributed by atoms with Crippen molar-refractivity contribution in [2.45, 2.75) is 43.8 Å². The topological polar surface area (TPSA) is 143 Å². The van der Waals surface area contributed by atoms with Gasteiger partial charge >= 0.3 is 24.3 Å². The third-order valence-electron chi connectivity index (χ3n) is 5.04. The number of likely N-dealkylation sites (tertiary alicyclic amines) is 1. The highest BCUT2D eigenvalue weighted by molar-refractivity contribution is 7.91. The molecule has 17 heteroatoms. The highest BCUT2D eigenvalue weighted by Gasteiger charge is 2.48. The molecule has 3 rings (SSSR count). The van der Waals surface area contributed by atoms with E-state index < -0.39 is 34.1 Å². The number of sulfone groups is 1. The van der Waals surface area contributed by atoms with Gasteiger partial charge in [-0.2, -0.15) is 26.3 Å². The number of aliphatic carboxylic acids is 2. The van der Waals surface area contributed by atoms with Crippen LogP contribution in [-0.4, -0.2) is 102 Å². The molecule has 0 saturated carbocycles. The average molecular weight is 568 g/mol. The van der Waals surface area contributed by atoms with Gasteiger partial charge in [-0.3, -0.25) is 4.90 Å². The summed E-state index contributed by atoms with van der Waals surface area (Å²) in [7, 11) is -2.90. The number of ether oxygens (including phenoxy) is 2. The number of hydrogen-bond acceptors (Lipinski definition) is 8. The van der Waals surface area contributed by atoms with E-state index in [1.165, 1.54) is 0 Å². The zero-order valence-electron chi connectivity index (χ0n) is 19.5. The zero-order chi connectivity index (χ0) is 28.5. The van der Waals surface area contributed by atoms with Gasteiger partial charge < -0.3 is 19.7 Å². The van der Waals surface area contributed by atoms with Crippen LogP contribution in [0, 0.1) is 0 Å². The minimum absolute atomic E-state index is 0.111. The summed E-state index contributed by atoms with van der Waals surface area (Å²) in [6.45, 7) is 4.53. The van der Waals surface area contributed by atoms with Gasteiger partial charge in [-0.25, -0.2) is 23.0 Å². The van der Waals surface area contributed by atoms with Crippen molar-refractivity contribution in [1.29, 1.82) is 0 Å². The molecule has 3 heterocycles. The van der Waals surface area contributed by atoms with E-state index in [1.54, 1.807) is 13.1 Å². The third-order valence-corrected chi connectivity index (χ3v) is 6.72. The number of aromatic nitrogens is 1. The Labute approximate surface area is 208 Å². The van der Waals surface area contributed by atoms with Crippen LogP contribution in [0.3, 0.4) is 0 Å². The SMILES string of the molecule is CCS(=O)(=O)CCN1CC2(CC(Oc3ccccn3)CCO2)C1.O=C(O)C(F)(F)F.O=C(O)C(F)(F)F. The minimum atomic E-state index is -5.08. The van der Waals surface area contributed by atoms with Crippen LogP contribution in [0.2, 0.25) is 0 Å². The number of nitrogens with zero attached hydrogens (tertiary/aromatic N) is 2. The summed E-state index contributed by atoms with van der Waals surface area (Å²) in [4.78, 5) is 24.1. The van der Waals surface area contributed by atoms with E-state index in [0.29, 0.717) is 19.0 Å². The van der Waals surface area contributed by atoms with Gasteiger partial charge in [0.2, 0.25) is 5.88 Å². The van der Waals surface area contributed by atoms with Crippen LogP contribution in [0.1, 0.15) is 19.8 Å². The molecule has 1 spiro atoms. The second kappa shape index (κ2) is 13.2. The molecular weight excluding hydrogens is 542 g/mol. The number of carboxylic acid groups (broad SMARTS) is 2. The first-order valence-corrected chi connectivity index (χ1v) is 12.5. The van der Waals surface area contributed by atoms with Gasteiger partial charge in [-0.15, -0.1) is 0 Å². The molecule has 2 aliphatic rings. The van der Waals surface area contributed by atoms with Gasteiger partial charge in [-0.05, 0) is 6.07 Å². The fourth-order valence-electron chi connectivity index (χ4n) is 3.23. The predicted molar refractivity (Wildman–Crippen MR) is 115 cm³/mol. The number of halogens is 6. The molecule has 2 saturated heterocycles. The molecule has 1 atom stereocenters. The number of carbonyl (C=O) groups is 2. The van der Waals surface area contributed by atoms with Crippen LogP contribution in [-0.2, 0) is 24.2 Å². The van der Waals surface area contributed by atoms with Gasteiger partial charge in [0.15, 0.2) is 9.84 Å². The van der Waals surface area contributed by atoms with Crippen LogP contribution in [0.25, 0.3) is 0 Å². The fraction of sp³-hybridized carbons (Fsp3) is 0.650. The lowest BCUT2D eigenvalue weighted by molar-refractivity contribution is -0.193. The molecule has 10 nitrogen and oxygen atoms in total. The first-order valence-electron chi connectivity index (χ1n) is 10.6. The number of alkyl halides is 6. The van der Waals surface area contributed by atoms with E-state index >= 15 is 0 Å². The zero-order valence-corrected chi connectivity index (χ0v) is 20.3. The van der Waals surface area contributed by atoms with E-state index in [0.717, 1.165) is 25.9 Å².